The van der Waals surface area contributed by atoms with Gasteiger partial charge in [0.05, 0.1) is 7.11 Å². The van der Waals surface area contributed by atoms with Gasteiger partial charge in [-0.2, -0.15) is 0 Å². The topological polar surface area (TPSA) is 58.6 Å². The number of carbonyl (C=O) groups excluding carboxylic acids is 2. The van der Waals surface area contributed by atoms with Crippen LogP contribution in [-0.4, -0.2) is 32.0 Å². The molecule has 0 unspecified atom stereocenters. The summed E-state index contributed by atoms with van der Waals surface area (Å²) >= 11 is 0. The zero-order valence-corrected chi connectivity index (χ0v) is 13.1. The van der Waals surface area contributed by atoms with Gasteiger partial charge in [-0.05, 0) is 35.9 Å². The molecule has 1 heterocycles. The Hall–Kier alpha value is -2.82. The molecular weight excluding hydrogens is 292 g/mol. The summed E-state index contributed by atoms with van der Waals surface area (Å²) in [4.78, 5) is 26.7. The van der Waals surface area contributed by atoms with E-state index in [1.165, 1.54) is 0 Å². The maximum absolute atomic E-state index is 12.9. The summed E-state index contributed by atoms with van der Waals surface area (Å²) in [6, 6.07) is 14.0. The Morgan fingerprint density at radius 1 is 1.13 bits per heavy atom. The van der Waals surface area contributed by atoms with Gasteiger partial charge in [0.25, 0.3) is 5.91 Å². The minimum Gasteiger partial charge on any atom is -0.497 e. The van der Waals surface area contributed by atoms with Crippen LogP contribution < -0.4 is 15.0 Å². The Kier molecular flexibility index (Phi) is 4.02. The fraction of sp³-hybridized carbons (Fsp3) is 0.222. The minimum absolute atomic E-state index is 0.164. The summed E-state index contributed by atoms with van der Waals surface area (Å²) in [5.74, 6) is 0.334. The number of hydrogen-bond acceptors (Lipinski definition) is 3. The number of fused-ring (bicyclic) bond motifs is 1. The van der Waals surface area contributed by atoms with Crippen molar-refractivity contribution in [3.8, 4) is 5.75 Å². The van der Waals surface area contributed by atoms with Gasteiger partial charge in [0.2, 0.25) is 5.91 Å². The lowest BCUT2D eigenvalue weighted by Gasteiger charge is -2.24. The van der Waals surface area contributed by atoms with Crippen molar-refractivity contribution in [2.24, 2.45) is 0 Å². The maximum atomic E-state index is 12.9. The monoisotopic (exact) mass is 310 g/mol. The smallest absolute Gasteiger partial charge is 0.259 e. The molecule has 1 aliphatic heterocycles. The van der Waals surface area contributed by atoms with Gasteiger partial charge in [-0.1, -0.05) is 18.2 Å². The van der Waals surface area contributed by atoms with E-state index < -0.39 is 6.04 Å². The average Bonchev–Trinajstić information content (AvgIpc) is 3.00. The van der Waals surface area contributed by atoms with Crippen LogP contribution in [0, 0.1) is 0 Å². The van der Waals surface area contributed by atoms with Gasteiger partial charge in [-0.15, -0.1) is 0 Å². The summed E-state index contributed by atoms with van der Waals surface area (Å²) in [5, 5.41) is 2.64. The lowest BCUT2D eigenvalue weighted by atomic mass is 10.1. The molecule has 0 radical (unpaired) electrons. The number of anilines is 1. The van der Waals surface area contributed by atoms with E-state index in [4.69, 9.17) is 4.74 Å². The highest BCUT2D eigenvalue weighted by atomic mass is 16.5. The molecule has 0 aromatic heterocycles. The molecule has 0 saturated carbocycles. The van der Waals surface area contributed by atoms with E-state index in [2.05, 4.69) is 5.32 Å². The Labute approximate surface area is 134 Å². The Morgan fingerprint density at radius 3 is 2.48 bits per heavy atom. The zero-order chi connectivity index (χ0) is 16.4. The van der Waals surface area contributed by atoms with Crippen molar-refractivity contribution in [1.82, 2.24) is 5.32 Å². The number of nitrogens with one attached hydrogen (secondary N) is 1. The van der Waals surface area contributed by atoms with Crippen LogP contribution in [0.4, 0.5) is 5.69 Å². The third-order valence-corrected chi connectivity index (χ3v) is 4.08. The van der Waals surface area contributed by atoms with Crippen LogP contribution in [-0.2, 0) is 11.2 Å². The van der Waals surface area contributed by atoms with Gasteiger partial charge in [0, 0.05) is 24.7 Å². The predicted molar refractivity (Wildman–Crippen MR) is 87.8 cm³/mol. The third kappa shape index (κ3) is 2.65. The van der Waals surface area contributed by atoms with Crippen LogP contribution in [0.1, 0.15) is 15.9 Å². The zero-order valence-electron chi connectivity index (χ0n) is 13.1. The molecule has 3 rings (SSSR count). The van der Waals surface area contributed by atoms with Crippen LogP contribution in [0.25, 0.3) is 0 Å². The lowest BCUT2D eigenvalue weighted by molar-refractivity contribution is -0.121. The molecule has 1 atom stereocenters. The molecule has 0 fully saturated rings. The SMILES string of the molecule is CNC(=O)[C@H]1Cc2ccccc2N1C(=O)c1ccc(OC)cc1. The number of ether oxygens (including phenoxy) is 1. The fourth-order valence-corrected chi connectivity index (χ4v) is 2.89. The van der Waals surface area contributed by atoms with Gasteiger partial charge in [-0.25, -0.2) is 0 Å². The number of carbonyl (C=O) groups is 2. The highest BCUT2D eigenvalue weighted by Crippen LogP contribution is 2.33. The molecule has 1 aliphatic rings. The van der Waals surface area contributed by atoms with E-state index >= 15 is 0 Å². The molecule has 2 aromatic rings. The molecule has 5 heteroatoms. The molecule has 118 valence electrons. The van der Waals surface area contributed by atoms with E-state index in [1.54, 1.807) is 43.3 Å². The van der Waals surface area contributed by atoms with Crippen molar-refractivity contribution in [3.63, 3.8) is 0 Å². The molecule has 0 aliphatic carbocycles. The summed E-state index contributed by atoms with van der Waals surface area (Å²) < 4.78 is 5.12. The number of benzene rings is 2. The second kappa shape index (κ2) is 6.12. The van der Waals surface area contributed by atoms with Gasteiger partial charge in [0.15, 0.2) is 0 Å². The first-order valence-electron chi connectivity index (χ1n) is 7.43. The van der Waals surface area contributed by atoms with Gasteiger partial charge in [0.1, 0.15) is 11.8 Å². The number of likely N-dealkylation sites (N-methyl/N-ethyl adjacent to an activating group) is 1. The summed E-state index contributed by atoms with van der Waals surface area (Å²) in [7, 11) is 3.16. The van der Waals surface area contributed by atoms with Gasteiger partial charge >= 0.3 is 0 Å². The van der Waals surface area contributed by atoms with E-state index in [1.807, 2.05) is 24.3 Å². The molecule has 23 heavy (non-hydrogen) atoms. The van der Waals surface area contributed by atoms with Crippen molar-refractivity contribution in [1.29, 1.82) is 0 Å². The van der Waals surface area contributed by atoms with Crippen molar-refractivity contribution in [2.75, 3.05) is 19.1 Å². The normalized spacial score (nSPS) is 15.9. The quantitative estimate of drug-likeness (QED) is 0.943. The summed E-state index contributed by atoms with van der Waals surface area (Å²) in [6.07, 6.45) is 0.526. The molecule has 1 N–H and O–H groups in total. The third-order valence-electron chi connectivity index (χ3n) is 4.08. The maximum Gasteiger partial charge on any atom is 0.259 e. The molecule has 0 saturated heterocycles. The van der Waals surface area contributed by atoms with Crippen LogP contribution in [0.5, 0.6) is 5.75 Å². The first kappa shape index (κ1) is 15.1. The van der Waals surface area contributed by atoms with E-state index in [0.29, 0.717) is 17.7 Å². The lowest BCUT2D eigenvalue weighted by Crippen LogP contribution is -2.47. The molecular formula is C18H18N2O3. The standard InChI is InChI=1S/C18H18N2O3/c1-19-17(21)16-11-13-5-3-4-6-15(13)20(16)18(22)12-7-9-14(23-2)10-8-12/h3-10,16H,11H2,1-2H3,(H,19,21)/t16-/m1/s1. The van der Waals surface area contributed by atoms with Crippen molar-refractivity contribution >= 4 is 17.5 Å². The number of rotatable bonds is 3. The highest BCUT2D eigenvalue weighted by Gasteiger charge is 2.38. The molecule has 2 amide bonds. The molecule has 0 bridgehead atoms. The highest BCUT2D eigenvalue weighted by molar-refractivity contribution is 6.11. The number of hydrogen-bond donors (Lipinski definition) is 1. The van der Waals surface area contributed by atoms with Crippen molar-refractivity contribution < 1.29 is 14.3 Å². The molecule has 5 nitrogen and oxygen atoms in total. The number of amides is 2. The van der Waals surface area contributed by atoms with Gasteiger partial charge < -0.3 is 10.1 Å². The average molecular weight is 310 g/mol. The molecule has 2 aromatic carbocycles. The Bertz CT molecular complexity index is 740. The van der Waals surface area contributed by atoms with Crippen LogP contribution in [0.3, 0.4) is 0 Å². The Morgan fingerprint density at radius 2 is 1.83 bits per heavy atom. The van der Waals surface area contributed by atoms with E-state index in [-0.39, 0.29) is 11.8 Å². The fourth-order valence-electron chi connectivity index (χ4n) is 2.89. The Balaban J connectivity index is 1.99. The first-order chi connectivity index (χ1) is 11.2. The van der Waals surface area contributed by atoms with Crippen LogP contribution in [0.2, 0.25) is 0 Å². The second-order valence-corrected chi connectivity index (χ2v) is 5.37. The number of nitrogens with zero attached hydrogens (tertiary/aromatic N) is 1. The summed E-state index contributed by atoms with van der Waals surface area (Å²) in [6.45, 7) is 0. The van der Waals surface area contributed by atoms with E-state index in [9.17, 15) is 9.59 Å². The van der Waals surface area contributed by atoms with Crippen molar-refractivity contribution in [2.45, 2.75) is 12.5 Å². The number of para-hydroxylation sites is 1. The van der Waals surface area contributed by atoms with Crippen molar-refractivity contribution in [3.05, 3.63) is 59.7 Å². The van der Waals surface area contributed by atoms with E-state index in [0.717, 1.165) is 11.3 Å². The van der Waals surface area contributed by atoms with Crippen LogP contribution in [0.15, 0.2) is 48.5 Å². The first-order valence-corrected chi connectivity index (χ1v) is 7.43. The van der Waals surface area contributed by atoms with Gasteiger partial charge in [-0.3, -0.25) is 14.5 Å². The predicted octanol–water partition coefficient (Wildman–Crippen LogP) is 2.01. The minimum atomic E-state index is -0.521. The molecule has 0 spiro atoms. The second-order valence-electron chi connectivity index (χ2n) is 5.37. The number of methoxy groups -OCH3 is 1. The largest absolute Gasteiger partial charge is 0.497 e. The van der Waals surface area contributed by atoms with Crippen LogP contribution >= 0.6 is 0 Å². The summed E-state index contributed by atoms with van der Waals surface area (Å²) in [5.41, 5.74) is 2.32.